The first-order valence-electron chi connectivity index (χ1n) is 9.32. The fourth-order valence-electron chi connectivity index (χ4n) is 4.41. The van der Waals surface area contributed by atoms with E-state index in [4.69, 9.17) is 4.74 Å². The first kappa shape index (κ1) is 17.8. The molecule has 0 spiro atoms. The highest BCUT2D eigenvalue weighted by Crippen LogP contribution is 2.46. The Balaban J connectivity index is 1.71. The molecule has 0 aromatic heterocycles. The number of hydrogen-bond acceptors (Lipinski definition) is 3. The van der Waals surface area contributed by atoms with Crippen LogP contribution >= 0.6 is 0 Å². The van der Waals surface area contributed by atoms with Gasteiger partial charge >= 0.3 is 0 Å². The molecule has 1 saturated carbocycles. The minimum atomic E-state index is -0.418. The number of amides is 2. The molecule has 2 amide bonds. The highest BCUT2D eigenvalue weighted by atomic mass is 16.5. The molecule has 25 heavy (non-hydrogen) atoms. The van der Waals surface area contributed by atoms with Gasteiger partial charge in [-0.3, -0.25) is 9.59 Å². The molecular formula is C20H28N2O3. The molecule has 0 unspecified atom stereocenters. The average molecular weight is 344 g/mol. The Morgan fingerprint density at radius 3 is 3.00 bits per heavy atom. The number of nitrogens with zero attached hydrogens (tertiary/aromatic N) is 1. The first-order chi connectivity index (χ1) is 12.1. The summed E-state index contributed by atoms with van der Waals surface area (Å²) in [7, 11) is 1.85. The lowest BCUT2D eigenvalue weighted by Gasteiger charge is -2.50. The van der Waals surface area contributed by atoms with E-state index in [1.165, 1.54) is 0 Å². The normalized spacial score (nSPS) is 26.1. The zero-order valence-electron chi connectivity index (χ0n) is 15.2. The lowest BCUT2D eigenvalue weighted by molar-refractivity contribution is -0.153. The van der Waals surface area contributed by atoms with E-state index in [1.807, 2.05) is 43.1 Å². The Hall–Kier alpha value is -2.04. The number of likely N-dealkylation sites (tertiary alicyclic amines) is 1. The van der Waals surface area contributed by atoms with E-state index in [0.29, 0.717) is 26.0 Å². The predicted molar refractivity (Wildman–Crippen MR) is 96.2 cm³/mol. The second-order valence-electron chi connectivity index (χ2n) is 7.19. The van der Waals surface area contributed by atoms with Crippen LogP contribution in [0.4, 0.5) is 0 Å². The van der Waals surface area contributed by atoms with Gasteiger partial charge < -0.3 is 15.0 Å². The van der Waals surface area contributed by atoms with Gasteiger partial charge in [0.15, 0.2) is 0 Å². The zero-order chi connectivity index (χ0) is 17.9. The van der Waals surface area contributed by atoms with E-state index in [2.05, 4.69) is 5.32 Å². The first-order valence-corrected chi connectivity index (χ1v) is 9.32. The number of ether oxygens (including phenoxy) is 1. The largest absolute Gasteiger partial charge is 0.494 e. The molecule has 1 heterocycles. The maximum atomic E-state index is 13.1. The third-order valence-corrected chi connectivity index (χ3v) is 5.75. The highest BCUT2D eigenvalue weighted by Gasteiger charge is 2.52. The molecule has 1 aromatic rings. The van der Waals surface area contributed by atoms with E-state index in [-0.39, 0.29) is 17.9 Å². The maximum absolute atomic E-state index is 13.1. The molecule has 3 rings (SSSR count). The van der Waals surface area contributed by atoms with Gasteiger partial charge in [0.25, 0.3) is 0 Å². The van der Waals surface area contributed by atoms with Crippen LogP contribution in [-0.4, -0.2) is 36.4 Å². The van der Waals surface area contributed by atoms with Crippen molar-refractivity contribution in [1.29, 1.82) is 0 Å². The van der Waals surface area contributed by atoms with Gasteiger partial charge in [-0.05, 0) is 43.9 Å². The number of carbonyl (C=O) groups is 2. The molecule has 1 aliphatic heterocycles. The number of benzene rings is 1. The van der Waals surface area contributed by atoms with E-state index >= 15 is 0 Å². The molecule has 1 saturated heterocycles. The van der Waals surface area contributed by atoms with Crippen LogP contribution < -0.4 is 10.1 Å². The Bertz CT molecular complexity index is 646. The van der Waals surface area contributed by atoms with Gasteiger partial charge in [-0.15, -0.1) is 0 Å². The quantitative estimate of drug-likeness (QED) is 0.893. The highest BCUT2D eigenvalue weighted by molar-refractivity contribution is 5.87. The molecular weight excluding hydrogens is 316 g/mol. The van der Waals surface area contributed by atoms with Gasteiger partial charge in [0.05, 0.1) is 12.0 Å². The van der Waals surface area contributed by atoms with Crippen LogP contribution in [0.3, 0.4) is 0 Å². The molecule has 2 fully saturated rings. The molecule has 1 aliphatic carbocycles. The minimum Gasteiger partial charge on any atom is -0.494 e. The van der Waals surface area contributed by atoms with Crippen LogP contribution in [0.25, 0.3) is 0 Å². The van der Waals surface area contributed by atoms with Gasteiger partial charge in [-0.1, -0.05) is 25.0 Å². The van der Waals surface area contributed by atoms with Crippen molar-refractivity contribution < 1.29 is 14.3 Å². The summed E-state index contributed by atoms with van der Waals surface area (Å²) in [6.07, 6.45) is 5.10. The van der Waals surface area contributed by atoms with Crippen molar-refractivity contribution in [2.45, 2.75) is 58.0 Å². The number of carbonyl (C=O) groups excluding carboxylic acids is 2. The van der Waals surface area contributed by atoms with Crippen LogP contribution in [0.2, 0.25) is 0 Å². The second-order valence-corrected chi connectivity index (χ2v) is 7.19. The zero-order valence-corrected chi connectivity index (χ0v) is 15.2. The van der Waals surface area contributed by atoms with Crippen molar-refractivity contribution in [3.8, 4) is 5.75 Å². The predicted octanol–water partition coefficient (Wildman–Crippen LogP) is 2.88. The summed E-state index contributed by atoms with van der Waals surface area (Å²) < 4.78 is 5.52. The molecule has 1 N–H and O–H groups in total. The summed E-state index contributed by atoms with van der Waals surface area (Å²) in [6, 6.07) is 7.87. The lowest BCUT2D eigenvalue weighted by Crippen LogP contribution is -2.60. The third kappa shape index (κ3) is 3.51. The molecule has 1 aromatic carbocycles. The van der Waals surface area contributed by atoms with E-state index < -0.39 is 5.41 Å². The SMILES string of the molecule is CCOc1cccc(CNC(=O)[C@@]23CCCC[C@H]2N(C)C(=O)CC3)c1. The number of rotatable bonds is 5. The van der Waals surface area contributed by atoms with Crippen molar-refractivity contribution >= 4 is 11.8 Å². The molecule has 2 atom stereocenters. The van der Waals surface area contributed by atoms with Crippen molar-refractivity contribution in [3.63, 3.8) is 0 Å². The van der Waals surface area contributed by atoms with Crippen LogP contribution in [-0.2, 0) is 16.1 Å². The fourth-order valence-corrected chi connectivity index (χ4v) is 4.41. The summed E-state index contributed by atoms with van der Waals surface area (Å²) in [6.45, 7) is 3.07. The molecule has 2 aliphatic rings. The van der Waals surface area contributed by atoms with Crippen LogP contribution in [0, 0.1) is 5.41 Å². The minimum absolute atomic E-state index is 0.0391. The molecule has 136 valence electrons. The summed E-state index contributed by atoms with van der Waals surface area (Å²) in [5.74, 6) is 1.09. The van der Waals surface area contributed by atoms with Gasteiger partial charge in [0, 0.05) is 26.1 Å². The Morgan fingerprint density at radius 1 is 1.36 bits per heavy atom. The summed E-state index contributed by atoms with van der Waals surface area (Å²) in [4.78, 5) is 27.0. The van der Waals surface area contributed by atoms with E-state index in [1.54, 1.807) is 0 Å². The van der Waals surface area contributed by atoms with Crippen molar-refractivity contribution in [1.82, 2.24) is 10.2 Å². The van der Waals surface area contributed by atoms with Crippen LogP contribution in [0.1, 0.15) is 51.0 Å². The summed E-state index contributed by atoms with van der Waals surface area (Å²) in [5.41, 5.74) is 0.613. The third-order valence-electron chi connectivity index (χ3n) is 5.75. The molecule has 5 heteroatoms. The standard InChI is InChI=1S/C20H28N2O3/c1-3-25-16-8-6-7-15(13-16)14-21-19(24)20-11-5-4-9-17(20)22(2)18(23)10-12-20/h6-8,13,17H,3-5,9-12,14H2,1-2H3,(H,21,24)/t17-,20-/m1/s1. The van der Waals surface area contributed by atoms with E-state index in [9.17, 15) is 9.59 Å². The molecule has 5 nitrogen and oxygen atoms in total. The summed E-state index contributed by atoms with van der Waals surface area (Å²) >= 11 is 0. The van der Waals surface area contributed by atoms with Crippen LogP contribution in [0.15, 0.2) is 24.3 Å². The van der Waals surface area contributed by atoms with Crippen LogP contribution in [0.5, 0.6) is 5.75 Å². The molecule has 0 bridgehead atoms. The monoisotopic (exact) mass is 344 g/mol. The van der Waals surface area contributed by atoms with Gasteiger partial charge in [-0.25, -0.2) is 0 Å². The number of hydrogen-bond donors (Lipinski definition) is 1. The lowest BCUT2D eigenvalue weighted by atomic mass is 9.64. The maximum Gasteiger partial charge on any atom is 0.228 e. The number of fused-ring (bicyclic) bond motifs is 1. The van der Waals surface area contributed by atoms with E-state index in [0.717, 1.165) is 37.0 Å². The van der Waals surface area contributed by atoms with Gasteiger partial charge in [-0.2, -0.15) is 0 Å². The van der Waals surface area contributed by atoms with Gasteiger partial charge in [0.1, 0.15) is 5.75 Å². The van der Waals surface area contributed by atoms with Crippen molar-refractivity contribution in [3.05, 3.63) is 29.8 Å². The average Bonchev–Trinajstić information content (AvgIpc) is 2.63. The number of piperidine rings is 1. The number of nitrogens with one attached hydrogen (secondary N) is 1. The summed E-state index contributed by atoms with van der Waals surface area (Å²) in [5, 5.41) is 3.13. The smallest absolute Gasteiger partial charge is 0.228 e. The molecule has 0 radical (unpaired) electrons. The second kappa shape index (κ2) is 7.46. The van der Waals surface area contributed by atoms with Crippen molar-refractivity contribution in [2.24, 2.45) is 5.41 Å². The Kier molecular flexibility index (Phi) is 5.30. The topological polar surface area (TPSA) is 58.6 Å². The Morgan fingerprint density at radius 2 is 2.20 bits per heavy atom. The fraction of sp³-hybridized carbons (Fsp3) is 0.600. The Labute approximate surface area is 149 Å². The van der Waals surface area contributed by atoms with Gasteiger partial charge in [0.2, 0.25) is 11.8 Å². The van der Waals surface area contributed by atoms with Crippen molar-refractivity contribution in [2.75, 3.05) is 13.7 Å².